The van der Waals surface area contributed by atoms with Crippen LogP contribution in [0.15, 0.2) is 24.3 Å². The predicted molar refractivity (Wildman–Crippen MR) is 61.7 cm³/mol. The summed E-state index contributed by atoms with van der Waals surface area (Å²) in [6.07, 6.45) is -4.43. The maximum atomic E-state index is 10.2. The predicted octanol–water partition coefficient (Wildman–Crippen LogP) is 0.0209. The van der Waals surface area contributed by atoms with E-state index in [1.165, 1.54) is 7.11 Å². The number of amides is 1. The summed E-state index contributed by atoms with van der Waals surface area (Å²) in [5, 5.41) is 28.8. The summed E-state index contributed by atoms with van der Waals surface area (Å²) >= 11 is 0. The van der Waals surface area contributed by atoms with Gasteiger partial charge in [-0.15, -0.1) is 0 Å². The van der Waals surface area contributed by atoms with E-state index >= 15 is 0 Å². The Labute approximate surface area is 104 Å². The van der Waals surface area contributed by atoms with Crippen molar-refractivity contribution in [2.24, 2.45) is 0 Å². The number of carboxylic acid groups (broad SMARTS) is 1. The first kappa shape index (κ1) is 14.1. The first-order valence-electron chi connectivity index (χ1n) is 5.16. The molecule has 0 aromatic heterocycles. The van der Waals surface area contributed by atoms with Crippen molar-refractivity contribution in [1.82, 2.24) is 5.32 Å². The molecule has 0 radical (unpaired) electrons. The zero-order valence-corrected chi connectivity index (χ0v) is 9.74. The highest BCUT2D eigenvalue weighted by molar-refractivity contribution is 5.64. The lowest BCUT2D eigenvalue weighted by Gasteiger charge is -2.18. The van der Waals surface area contributed by atoms with E-state index in [1.807, 2.05) is 0 Å². The Bertz CT molecular complexity index is 397. The zero-order chi connectivity index (χ0) is 13.5. The van der Waals surface area contributed by atoms with Crippen LogP contribution >= 0.6 is 0 Å². The third-order valence-electron chi connectivity index (χ3n) is 2.11. The standard InChI is InChI=1S/C11H15NO6/c1-17-8-4-2-3-5-9(8)18-6-7(13)10(14)12-11(15)16/h2-5,7,10,12-14H,6H2,1H3,(H,15,16)/t7-,10?/m0/s1. The number of rotatable bonds is 6. The van der Waals surface area contributed by atoms with Crippen LogP contribution in [0.3, 0.4) is 0 Å². The normalized spacial score (nSPS) is 13.5. The van der Waals surface area contributed by atoms with E-state index in [0.717, 1.165) is 0 Å². The fourth-order valence-corrected chi connectivity index (χ4v) is 1.23. The summed E-state index contributed by atoms with van der Waals surface area (Å²) in [7, 11) is 1.47. The smallest absolute Gasteiger partial charge is 0.406 e. The van der Waals surface area contributed by atoms with Crippen LogP contribution in [0.1, 0.15) is 0 Å². The van der Waals surface area contributed by atoms with E-state index in [1.54, 1.807) is 29.6 Å². The van der Waals surface area contributed by atoms with Gasteiger partial charge in [0, 0.05) is 0 Å². The third-order valence-corrected chi connectivity index (χ3v) is 2.11. The van der Waals surface area contributed by atoms with Crippen molar-refractivity contribution >= 4 is 6.09 Å². The van der Waals surface area contributed by atoms with Crippen LogP contribution in [-0.4, -0.2) is 47.5 Å². The molecule has 7 nitrogen and oxygen atoms in total. The Morgan fingerprint density at radius 3 is 2.50 bits per heavy atom. The average molecular weight is 257 g/mol. The fourth-order valence-electron chi connectivity index (χ4n) is 1.23. The van der Waals surface area contributed by atoms with E-state index in [9.17, 15) is 15.0 Å². The van der Waals surface area contributed by atoms with E-state index in [-0.39, 0.29) is 6.61 Å². The number of benzene rings is 1. The SMILES string of the molecule is COc1ccccc1OC[C@H](O)C(O)NC(=O)O. The Kier molecular flexibility index (Phi) is 5.22. The summed E-state index contributed by atoms with van der Waals surface area (Å²) in [4.78, 5) is 10.2. The van der Waals surface area contributed by atoms with Crippen LogP contribution in [-0.2, 0) is 0 Å². The molecule has 0 aliphatic rings. The quantitative estimate of drug-likeness (QED) is 0.535. The molecule has 0 heterocycles. The summed E-state index contributed by atoms with van der Waals surface area (Å²) in [5.74, 6) is 0.868. The number of para-hydroxylation sites is 2. The van der Waals surface area contributed by atoms with Crippen molar-refractivity contribution in [2.75, 3.05) is 13.7 Å². The van der Waals surface area contributed by atoms with Gasteiger partial charge in [-0.3, -0.25) is 5.32 Å². The van der Waals surface area contributed by atoms with Crippen LogP contribution in [0, 0.1) is 0 Å². The third kappa shape index (κ3) is 4.11. The summed E-state index contributed by atoms with van der Waals surface area (Å²) < 4.78 is 10.2. The molecule has 0 aliphatic carbocycles. The minimum Gasteiger partial charge on any atom is -0.493 e. The summed E-state index contributed by atoms with van der Waals surface area (Å²) in [6, 6.07) is 6.77. The molecule has 0 fully saturated rings. The number of aliphatic hydroxyl groups is 2. The molecule has 1 aromatic carbocycles. The molecule has 4 N–H and O–H groups in total. The zero-order valence-electron chi connectivity index (χ0n) is 9.74. The molecule has 0 spiro atoms. The molecular formula is C11H15NO6. The highest BCUT2D eigenvalue weighted by Gasteiger charge is 2.19. The van der Waals surface area contributed by atoms with E-state index in [0.29, 0.717) is 11.5 Å². The van der Waals surface area contributed by atoms with Gasteiger partial charge in [-0.25, -0.2) is 4.79 Å². The Morgan fingerprint density at radius 2 is 1.94 bits per heavy atom. The molecule has 100 valence electrons. The lowest BCUT2D eigenvalue weighted by Crippen LogP contribution is -2.45. The average Bonchev–Trinajstić information content (AvgIpc) is 2.35. The van der Waals surface area contributed by atoms with Crippen molar-refractivity contribution in [3.05, 3.63) is 24.3 Å². The molecule has 0 saturated heterocycles. The second kappa shape index (κ2) is 6.67. The second-order valence-electron chi connectivity index (χ2n) is 3.42. The number of methoxy groups -OCH3 is 1. The summed E-state index contributed by atoms with van der Waals surface area (Å²) in [5.41, 5.74) is 0. The van der Waals surface area contributed by atoms with Gasteiger partial charge in [-0.1, -0.05) is 12.1 Å². The number of hydrogen-bond donors (Lipinski definition) is 4. The van der Waals surface area contributed by atoms with Gasteiger partial charge < -0.3 is 24.8 Å². The molecule has 0 saturated carbocycles. The molecular weight excluding hydrogens is 242 g/mol. The molecule has 0 aliphatic heterocycles. The number of hydrogen-bond acceptors (Lipinski definition) is 5. The Morgan fingerprint density at radius 1 is 1.33 bits per heavy atom. The van der Waals surface area contributed by atoms with Crippen LogP contribution in [0.4, 0.5) is 4.79 Å². The van der Waals surface area contributed by atoms with Gasteiger partial charge >= 0.3 is 6.09 Å². The molecule has 1 rings (SSSR count). The first-order chi connectivity index (χ1) is 8.54. The van der Waals surface area contributed by atoms with E-state index in [2.05, 4.69) is 0 Å². The van der Waals surface area contributed by atoms with Crippen LogP contribution in [0.2, 0.25) is 0 Å². The monoisotopic (exact) mass is 257 g/mol. The largest absolute Gasteiger partial charge is 0.493 e. The molecule has 2 atom stereocenters. The highest BCUT2D eigenvalue weighted by atomic mass is 16.5. The van der Waals surface area contributed by atoms with Gasteiger partial charge in [0.25, 0.3) is 0 Å². The van der Waals surface area contributed by atoms with E-state index in [4.69, 9.17) is 14.6 Å². The van der Waals surface area contributed by atoms with Crippen molar-refractivity contribution in [2.45, 2.75) is 12.3 Å². The van der Waals surface area contributed by atoms with Gasteiger partial charge in [0.05, 0.1) is 7.11 Å². The first-order valence-corrected chi connectivity index (χ1v) is 5.16. The van der Waals surface area contributed by atoms with Crippen LogP contribution in [0.25, 0.3) is 0 Å². The molecule has 0 bridgehead atoms. The number of aliphatic hydroxyl groups excluding tert-OH is 2. The van der Waals surface area contributed by atoms with Crippen molar-refractivity contribution in [1.29, 1.82) is 0 Å². The van der Waals surface area contributed by atoms with E-state index < -0.39 is 18.4 Å². The fraction of sp³-hybridized carbons (Fsp3) is 0.364. The topological polar surface area (TPSA) is 108 Å². The van der Waals surface area contributed by atoms with Gasteiger partial charge in [-0.2, -0.15) is 0 Å². The maximum Gasteiger partial charge on any atom is 0.406 e. The number of nitrogens with one attached hydrogen (secondary N) is 1. The van der Waals surface area contributed by atoms with Crippen LogP contribution in [0.5, 0.6) is 11.5 Å². The van der Waals surface area contributed by atoms with Crippen molar-refractivity contribution < 1.29 is 29.6 Å². The van der Waals surface area contributed by atoms with Crippen molar-refractivity contribution in [3.63, 3.8) is 0 Å². The lowest BCUT2D eigenvalue weighted by molar-refractivity contribution is -0.0223. The number of ether oxygens (including phenoxy) is 2. The molecule has 18 heavy (non-hydrogen) atoms. The second-order valence-corrected chi connectivity index (χ2v) is 3.42. The van der Waals surface area contributed by atoms with Gasteiger partial charge in [0.15, 0.2) is 17.7 Å². The van der Waals surface area contributed by atoms with Crippen molar-refractivity contribution in [3.8, 4) is 11.5 Å². The number of carbonyl (C=O) groups is 1. The highest BCUT2D eigenvalue weighted by Crippen LogP contribution is 2.25. The Balaban J connectivity index is 2.51. The maximum absolute atomic E-state index is 10.2. The van der Waals surface area contributed by atoms with Gasteiger partial charge in [0.2, 0.25) is 0 Å². The lowest BCUT2D eigenvalue weighted by atomic mass is 10.3. The van der Waals surface area contributed by atoms with Gasteiger partial charge in [-0.05, 0) is 12.1 Å². The molecule has 1 amide bonds. The molecule has 7 heteroatoms. The van der Waals surface area contributed by atoms with Gasteiger partial charge in [0.1, 0.15) is 12.7 Å². The Hall–Kier alpha value is -1.99. The van der Waals surface area contributed by atoms with Crippen LogP contribution < -0.4 is 14.8 Å². The molecule has 1 unspecified atom stereocenters. The minimum atomic E-state index is -1.61. The minimum absolute atomic E-state index is 0.276. The summed E-state index contributed by atoms with van der Waals surface area (Å²) in [6.45, 7) is -0.276. The molecule has 1 aromatic rings.